The number of hydrogen-bond donors (Lipinski definition) is 1. The van der Waals surface area contributed by atoms with Crippen LogP contribution in [0.25, 0.3) is 0 Å². The van der Waals surface area contributed by atoms with Gasteiger partial charge in [-0.15, -0.1) is 11.8 Å². The van der Waals surface area contributed by atoms with Crippen LogP contribution in [0.2, 0.25) is 28.2 Å². The quantitative estimate of drug-likeness (QED) is 0.110. The second kappa shape index (κ2) is 12.2. The average molecular weight is 670 g/mol. The standard InChI is InChI=1S/C29H34Cl2N2O6S2Si/c1-7-22(39-42(5,6)28(2,3)4)23-25(34)32-24(26(35)36)27(40-16-18-10-13-20(30)21(31)14-18)41-29(23,32)15-17-8-11-19(12-9-17)33(37)38/h8-14,22-23H,7,15-16H2,1-6H3,(H,35,36)/t22-,23+,29+/m0/s1. The Balaban J connectivity index is 1.74. The molecule has 2 aliphatic heterocycles. The third kappa shape index (κ3) is 6.14. The topological polar surface area (TPSA) is 110 Å². The fraction of sp³-hybridized carbons (Fsp3) is 0.448. The monoisotopic (exact) mass is 668 g/mol. The number of nitro benzene ring substituents is 1. The van der Waals surface area contributed by atoms with Gasteiger partial charge in [-0.3, -0.25) is 19.8 Å². The maximum Gasteiger partial charge on any atom is 0.354 e. The number of amides is 1. The number of carbonyl (C=O) groups excluding carboxylic acids is 1. The van der Waals surface area contributed by atoms with Crippen molar-refractivity contribution in [3.63, 3.8) is 0 Å². The Bertz CT molecular complexity index is 1450. The Labute approximate surface area is 265 Å². The number of β-lactam (4-membered cyclic amide) rings is 1. The Hall–Kier alpha value is -2.02. The first-order chi connectivity index (χ1) is 19.5. The van der Waals surface area contributed by atoms with Crippen molar-refractivity contribution in [3.05, 3.63) is 83.7 Å². The van der Waals surface area contributed by atoms with Crippen LogP contribution < -0.4 is 0 Å². The van der Waals surface area contributed by atoms with Gasteiger partial charge in [0.05, 0.1) is 31.2 Å². The number of thioether (sulfide) groups is 2. The fourth-order valence-corrected chi connectivity index (χ4v) is 9.86. The van der Waals surface area contributed by atoms with Crippen molar-refractivity contribution < 1.29 is 24.0 Å². The van der Waals surface area contributed by atoms with Crippen LogP contribution >= 0.6 is 46.7 Å². The minimum atomic E-state index is -2.29. The summed E-state index contributed by atoms with van der Waals surface area (Å²) in [5, 5.41) is 22.3. The second-order valence-electron chi connectivity index (χ2n) is 12.0. The SMILES string of the molecule is CC[C@H](O[Si](C)(C)C(C)(C)C)[C@@H]1C(=O)N2C(C(=O)O)=C(SCc3ccc(Cl)c(Cl)c3)S[C@]12Cc1ccc([N+](=O)[O-])cc1. The maximum absolute atomic E-state index is 14.0. The number of carboxylic acids is 1. The minimum Gasteiger partial charge on any atom is -0.477 e. The summed E-state index contributed by atoms with van der Waals surface area (Å²) in [5.74, 6) is -1.64. The van der Waals surface area contributed by atoms with Gasteiger partial charge < -0.3 is 9.53 Å². The van der Waals surface area contributed by atoms with Crippen LogP contribution in [0.5, 0.6) is 0 Å². The van der Waals surface area contributed by atoms with Gasteiger partial charge in [-0.25, -0.2) is 4.79 Å². The van der Waals surface area contributed by atoms with E-state index in [1.165, 1.54) is 40.6 Å². The molecule has 42 heavy (non-hydrogen) atoms. The summed E-state index contributed by atoms with van der Waals surface area (Å²) in [6, 6.07) is 11.5. The minimum absolute atomic E-state index is 0.0386. The first-order valence-electron chi connectivity index (χ1n) is 13.5. The fourth-order valence-electron chi connectivity index (χ4n) is 5.00. The molecule has 13 heteroatoms. The molecule has 8 nitrogen and oxygen atoms in total. The van der Waals surface area contributed by atoms with Gasteiger partial charge in [0.25, 0.3) is 5.69 Å². The van der Waals surface area contributed by atoms with Crippen molar-refractivity contribution in [2.45, 2.75) is 75.4 Å². The number of benzene rings is 2. The Morgan fingerprint density at radius 3 is 2.33 bits per heavy atom. The zero-order valence-corrected chi connectivity index (χ0v) is 28.4. The van der Waals surface area contributed by atoms with E-state index in [0.717, 1.165) is 11.1 Å². The van der Waals surface area contributed by atoms with Gasteiger partial charge in [-0.1, -0.05) is 80.9 Å². The molecule has 0 aromatic heterocycles. The lowest BCUT2D eigenvalue weighted by Gasteiger charge is -2.56. The molecular weight excluding hydrogens is 635 g/mol. The van der Waals surface area contributed by atoms with Crippen molar-refractivity contribution in [3.8, 4) is 0 Å². The molecule has 1 N–H and O–H groups in total. The summed E-state index contributed by atoms with van der Waals surface area (Å²) < 4.78 is 7.34. The summed E-state index contributed by atoms with van der Waals surface area (Å²) in [7, 11) is -2.29. The number of hydrogen-bond acceptors (Lipinski definition) is 7. The van der Waals surface area contributed by atoms with Gasteiger partial charge in [-0.05, 0) is 47.8 Å². The van der Waals surface area contributed by atoms with E-state index in [1.807, 2.05) is 13.0 Å². The zero-order valence-electron chi connectivity index (χ0n) is 24.3. The van der Waals surface area contributed by atoms with Gasteiger partial charge >= 0.3 is 5.97 Å². The smallest absolute Gasteiger partial charge is 0.354 e. The van der Waals surface area contributed by atoms with Crippen molar-refractivity contribution in [2.24, 2.45) is 5.92 Å². The molecule has 0 radical (unpaired) electrons. The predicted octanol–water partition coefficient (Wildman–Crippen LogP) is 8.33. The number of halogens is 2. The van der Waals surface area contributed by atoms with Gasteiger partial charge in [0, 0.05) is 24.3 Å². The molecule has 2 aromatic carbocycles. The van der Waals surface area contributed by atoms with E-state index in [-0.39, 0.29) is 22.3 Å². The van der Waals surface area contributed by atoms with Crippen LogP contribution in [-0.2, 0) is 26.2 Å². The first-order valence-corrected chi connectivity index (χ1v) is 19.0. The molecular formula is C29H34Cl2N2O6S2Si. The van der Waals surface area contributed by atoms with E-state index in [1.54, 1.807) is 24.3 Å². The molecule has 4 rings (SSSR count). The van der Waals surface area contributed by atoms with E-state index in [0.29, 0.717) is 32.9 Å². The number of aliphatic carboxylic acids is 1. The zero-order chi connectivity index (χ0) is 31.2. The van der Waals surface area contributed by atoms with Crippen LogP contribution in [0.4, 0.5) is 5.69 Å². The number of nitrogens with zero attached hydrogens (tertiary/aromatic N) is 2. The lowest BCUT2D eigenvalue weighted by atomic mass is 9.77. The lowest BCUT2D eigenvalue weighted by Crippen LogP contribution is -2.72. The largest absolute Gasteiger partial charge is 0.477 e. The highest BCUT2D eigenvalue weighted by atomic mass is 35.5. The third-order valence-electron chi connectivity index (χ3n) is 8.22. The molecule has 2 heterocycles. The van der Waals surface area contributed by atoms with Crippen molar-refractivity contribution in [1.29, 1.82) is 0 Å². The lowest BCUT2D eigenvalue weighted by molar-refractivity contribution is -0.384. The highest BCUT2D eigenvalue weighted by molar-refractivity contribution is 8.22. The van der Waals surface area contributed by atoms with Crippen LogP contribution in [0.15, 0.2) is 52.4 Å². The van der Waals surface area contributed by atoms with E-state index in [4.69, 9.17) is 27.6 Å². The average Bonchev–Trinajstić information content (AvgIpc) is 3.18. The molecule has 2 aromatic rings. The highest BCUT2D eigenvalue weighted by Crippen LogP contribution is 2.63. The molecule has 1 amide bonds. The molecule has 226 valence electrons. The highest BCUT2D eigenvalue weighted by Gasteiger charge is 2.69. The number of non-ortho nitro benzene ring substituents is 1. The predicted molar refractivity (Wildman–Crippen MR) is 172 cm³/mol. The van der Waals surface area contributed by atoms with E-state index in [2.05, 4.69) is 33.9 Å². The van der Waals surface area contributed by atoms with E-state index < -0.39 is 36.1 Å². The maximum atomic E-state index is 14.0. The molecule has 0 bridgehead atoms. The van der Waals surface area contributed by atoms with Crippen LogP contribution in [-0.4, -0.2) is 46.1 Å². The summed E-state index contributed by atoms with van der Waals surface area (Å²) >= 11 is 15.0. The first kappa shape index (κ1) is 32.9. The number of carboxylic acid groups (broad SMARTS) is 1. The van der Waals surface area contributed by atoms with Crippen LogP contribution in [0.3, 0.4) is 0 Å². The van der Waals surface area contributed by atoms with Crippen molar-refractivity contribution in [1.82, 2.24) is 4.90 Å². The Morgan fingerprint density at radius 2 is 1.81 bits per heavy atom. The van der Waals surface area contributed by atoms with Crippen molar-refractivity contribution in [2.75, 3.05) is 0 Å². The van der Waals surface area contributed by atoms with Crippen molar-refractivity contribution >= 4 is 72.6 Å². The molecule has 0 spiro atoms. The number of fused-ring (bicyclic) bond motifs is 1. The number of carbonyl (C=O) groups is 2. The van der Waals surface area contributed by atoms with Gasteiger partial charge in [0.15, 0.2) is 14.0 Å². The molecule has 0 aliphatic carbocycles. The molecule has 1 fully saturated rings. The summed E-state index contributed by atoms with van der Waals surface area (Å²) in [6.45, 7) is 12.7. The molecule has 2 aliphatic rings. The number of rotatable bonds is 11. The summed E-state index contributed by atoms with van der Waals surface area (Å²) in [5.41, 5.74) is 1.54. The molecule has 0 saturated carbocycles. The molecule has 3 atom stereocenters. The number of nitro groups is 1. The van der Waals surface area contributed by atoms with Gasteiger partial charge in [0.1, 0.15) is 4.87 Å². The molecule has 0 unspecified atom stereocenters. The Kier molecular flexibility index (Phi) is 9.52. The molecule has 1 saturated heterocycles. The van der Waals surface area contributed by atoms with Crippen LogP contribution in [0, 0.1) is 16.0 Å². The normalized spacial score (nSPS) is 21.3. The van der Waals surface area contributed by atoms with E-state index in [9.17, 15) is 24.8 Å². The van der Waals surface area contributed by atoms with Crippen LogP contribution in [0.1, 0.15) is 45.2 Å². The van der Waals surface area contributed by atoms with Gasteiger partial charge in [-0.2, -0.15) is 0 Å². The summed E-state index contributed by atoms with van der Waals surface area (Å²) in [4.78, 5) is 37.9. The second-order valence-corrected chi connectivity index (χ2v) is 20.1. The Morgan fingerprint density at radius 1 is 1.19 bits per heavy atom. The van der Waals surface area contributed by atoms with E-state index >= 15 is 0 Å². The van der Waals surface area contributed by atoms with Gasteiger partial charge in [0.2, 0.25) is 5.91 Å². The summed E-state index contributed by atoms with van der Waals surface area (Å²) in [6.07, 6.45) is 0.458. The third-order valence-corrected chi connectivity index (χ3v) is 16.3.